The van der Waals surface area contributed by atoms with Gasteiger partial charge in [0.1, 0.15) is 0 Å². The Balaban J connectivity index is 4.47. The normalized spacial score (nSPS) is 15.1. The highest BCUT2D eigenvalue weighted by atomic mass is 16.3. The molecule has 0 fully saturated rings. The van der Waals surface area contributed by atoms with E-state index in [0.29, 0.717) is 19.3 Å². The Bertz CT molecular complexity index is 465. The summed E-state index contributed by atoms with van der Waals surface area (Å²) in [5, 5.41) is 22.3. The maximum Gasteiger partial charge on any atom is 0.0905 e. The van der Waals surface area contributed by atoms with Gasteiger partial charge in [-0.3, -0.25) is 0 Å². The van der Waals surface area contributed by atoms with Crippen LogP contribution in [0.1, 0.15) is 156 Å². The fourth-order valence-electron chi connectivity index (χ4n) is 4.45. The molecular weight excluding hydrogens is 416 g/mol. The molecule has 0 aromatic heterocycles. The Morgan fingerprint density at radius 3 is 1.18 bits per heavy atom. The fraction of sp³-hybridized carbons (Fsp3) is 0.812. The van der Waals surface area contributed by atoms with E-state index in [9.17, 15) is 10.2 Å². The molecule has 0 heterocycles. The van der Waals surface area contributed by atoms with Crippen LogP contribution in [0.2, 0.25) is 0 Å². The van der Waals surface area contributed by atoms with Crippen molar-refractivity contribution in [2.45, 2.75) is 167 Å². The van der Waals surface area contributed by atoms with Gasteiger partial charge in [-0.05, 0) is 96.3 Å². The summed E-state index contributed by atoms with van der Waals surface area (Å²) in [5.74, 6) is 0. The molecule has 200 valence electrons. The molecule has 0 radical (unpaired) electrons. The minimum atomic E-state index is -0.947. The monoisotopic (exact) mass is 476 g/mol. The molecule has 0 amide bonds. The summed E-state index contributed by atoms with van der Waals surface area (Å²) in [4.78, 5) is 0. The van der Waals surface area contributed by atoms with Crippen LogP contribution >= 0.6 is 0 Å². The molecule has 2 heteroatoms. The van der Waals surface area contributed by atoms with Gasteiger partial charge in [-0.2, -0.15) is 0 Å². The predicted octanol–water partition coefficient (Wildman–Crippen LogP) is 10.00. The van der Waals surface area contributed by atoms with E-state index in [0.717, 1.165) is 57.8 Å². The third-order valence-corrected chi connectivity index (χ3v) is 6.85. The molecule has 0 spiro atoms. The predicted molar refractivity (Wildman–Crippen MR) is 152 cm³/mol. The number of unbranched alkanes of at least 4 members (excludes halogenated alkanes) is 12. The van der Waals surface area contributed by atoms with Crippen molar-refractivity contribution in [2.75, 3.05) is 0 Å². The Kier molecular flexibility index (Phi) is 24.6. The lowest BCUT2D eigenvalue weighted by molar-refractivity contribution is -0.0909. The lowest BCUT2D eigenvalue weighted by Crippen LogP contribution is -2.42. The van der Waals surface area contributed by atoms with Gasteiger partial charge >= 0.3 is 0 Å². The third-order valence-electron chi connectivity index (χ3n) is 6.85. The van der Waals surface area contributed by atoms with Crippen molar-refractivity contribution in [3.05, 3.63) is 36.5 Å². The van der Waals surface area contributed by atoms with Crippen LogP contribution in [0.25, 0.3) is 0 Å². The van der Waals surface area contributed by atoms with E-state index in [1.165, 1.54) is 57.8 Å². The molecule has 0 aliphatic heterocycles. The molecule has 0 aromatic carbocycles. The minimum Gasteiger partial charge on any atom is -0.390 e. The fourth-order valence-corrected chi connectivity index (χ4v) is 4.45. The summed E-state index contributed by atoms with van der Waals surface area (Å²) >= 11 is 0. The van der Waals surface area contributed by atoms with Gasteiger partial charge in [0.15, 0.2) is 0 Å². The second-order valence-corrected chi connectivity index (χ2v) is 10.2. The van der Waals surface area contributed by atoms with E-state index < -0.39 is 11.7 Å². The Labute approximate surface area is 214 Å². The highest BCUT2D eigenvalue weighted by Gasteiger charge is 2.33. The number of hydrogen-bond donors (Lipinski definition) is 2. The number of rotatable bonds is 25. The largest absolute Gasteiger partial charge is 0.390 e. The summed E-state index contributed by atoms with van der Waals surface area (Å²) in [6.07, 6.45) is 36.0. The summed E-state index contributed by atoms with van der Waals surface area (Å²) < 4.78 is 0. The summed E-state index contributed by atoms with van der Waals surface area (Å²) in [6, 6.07) is 0. The zero-order valence-electron chi connectivity index (χ0n) is 23.3. The van der Waals surface area contributed by atoms with Crippen LogP contribution in [-0.2, 0) is 0 Å². The Hall–Kier alpha value is -0.860. The van der Waals surface area contributed by atoms with Gasteiger partial charge in [0.25, 0.3) is 0 Å². The Morgan fingerprint density at radius 1 is 0.500 bits per heavy atom. The number of hydrogen-bond acceptors (Lipinski definition) is 2. The van der Waals surface area contributed by atoms with Crippen LogP contribution in [0.3, 0.4) is 0 Å². The van der Waals surface area contributed by atoms with Gasteiger partial charge < -0.3 is 10.2 Å². The van der Waals surface area contributed by atoms with Crippen LogP contribution in [0.5, 0.6) is 0 Å². The van der Waals surface area contributed by atoms with E-state index >= 15 is 0 Å². The SMILES string of the molecule is CCCCCC=CCCCC(O)C(O)(CCCC=CCCCCC)CCCC=CCCCCC. The average molecular weight is 477 g/mol. The van der Waals surface area contributed by atoms with Crippen LogP contribution in [0.4, 0.5) is 0 Å². The molecule has 34 heavy (non-hydrogen) atoms. The molecule has 0 aromatic rings. The summed E-state index contributed by atoms with van der Waals surface area (Å²) in [7, 11) is 0. The second kappa shape index (κ2) is 25.2. The maximum atomic E-state index is 11.4. The second-order valence-electron chi connectivity index (χ2n) is 10.2. The van der Waals surface area contributed by atoms with E-state index in [1.807, 2.05) is 0 Å². The van der Waals surface area contributed by atoms with E-state index in [-0.39, 0.29) is 0 Å². The van der Waals surface area contributed by atoms with Crippen LogP contribution in [0, 0.1) is 0 Å². The smallest absolute Gasteiger partial charge is 0.0905 e. The molecule has 0 aliphatic carbocycles. The number of aliphatic hydroxyl groups excluding tert-OH is 1. The first-order valence-corrected chi connectivity index (χ1v) is 15.0. The average Bonchev–Trinajstić information content (AvgIpc) is 2.84. The van der Waals surface area contributed by atoms with Crippen molar-refractivity contribution in [1.82, 2.24) is 0 Å². The van der Waals surface area contributed by atoms with E-state index in [2.05, 4.69) is 57.2 Å². The first-order valence-electron chi connectivity index (χ1n) is 15.0. The summed E-state index contributed by atoms with van der Waals surface area (Å²) in [6.45, 7) is 6.71. The van der Waals surface area contributed by atoms with Gasteiger partial charge in [-0.25, -0.2) is 0 Å². The molecule has 0 saturated heterocycles. The van der Waals surface area contributed by atoms with Gasteiger partial charge in [0.2, 0.25) is 0 Å². The van der Waals surface area contributed by atoms with Crippen molar-refractivity contribution in [1.29, 1.82) is 0 Å². The van der Waals surface area contributed by atoms with E-state index in [1.54, 1.807) is 0 Å². The molecule has 0 saturated carbocycles. The third kappa shape index (κ3) is 20.5. The lowest BCUT2D eigenvalue weighted by Gasteiger charge is -2.33. The van der Waals surface area contributed by atoms with Crippen LogP contribution in [-0.4, -0.2) is 21.9 Å². The minimum absolute atomic E-state index is 0.622. The van der Waals surface area contributed by atoms with Crippen molar-refractivity contribution in [3.8, 4) is 0 Å². The van der Waals surface area contributed by atoms with Crippen LogP contribution in [0.15, 0.2) is 36.5 Å². The summed E-state index contributed by atoms with van der Waals surface area (Å²) in [5.41, 5.74) is -0.947. The molecule has 1 atom stereocenters. The molecule has 0 bridgehead atoms. The molecule has 1 unspecified atom stereocenters. The highest BCUT2D eigenvalue weighted by Crippen LogP contribution is 2.28. The van der Waals surface area contributed by atoms with Gasteiger partial charge in [-0.1, -0.05) is 95.8 Å². The molecular formula is C32H60O2. The highest BCUT2D eigenvalue weighted by molar-refractivity contribution is 4.91. The van der Waals surface area contributed by atoms with Gasteiger partial charge in [0, 0.05) is 0 Å². The first kappa shape index (κ1) is 33.1. The van der Waals surface area contributed by atoms with Gasteiger partial charge in [0.05, 0.1) is 11.7 Å². The maximum absolute atomic E-state index is 11.4. The van der Waals surface area contributed by atoms with Crippen molar-refractivity contribution < 1.29 is 10.2 Å². The molecule has 2 N–H and O–H groups in total. The topological polar surface area (TPSA) is 40.5 Å². The number of aliphatic hydroxyl groups is 2. The molecule has 2 nitrogen and oxygen atoms in total. The number of allylic oxidation sites excluding steroid dienone is 6. The van der Waals surface area contributed by atoms with Crippen molar-refractivity contribution >= 4 is 0 Å². The zero-order chi connectivity index (χ0) is 25.2. The molecule has 0 aliphatic rings. The van der Waals surface area contributed by atoms with Crippen molar-refractivity contribution in [3.63, 3.8) is 0 Å². The van der Waals surface area contributed by atoms with Crippen molar-refractivity contribution in [2.24, 2.45) is 0 Å². The van der Waals surface area contributed by atoms with Gasteiger partial charge in [-0.15, -0.1) is 0 Å². The quantitative estimate of drug-likeness (QED) is 0.102. The standard InChI is InChI=1S/C32H60O2/c1-4-7-10-13-16-19-22-25-28-31(33)32(34,29-26-23-20-17-14-11-8-5-2)30-27-24-21-18-15-12-9-6-3/h16-21,31,33-34H,4-15,22-30H2,1-3H3. The first-order chi connectivity index (χ1) is 16.6. The lowest BCUT2D eigenvalue weighted by atomic mass is 9.83. The van der Waals surface area contributed by atoms with E-state index in [4.69, 9.17) is 0 Å². The van der Waals surface area contributed by atoms with Crippen LogP contribution < -0.4 is 0 Å². The molecule has 0 rings (SSSR count). The Morgan fingerprint density at radius 2 is 0.824 bits per heavy atom. The zero-order valence-corrected chi connectivity index (χ0v) is 23.3.